The smallest absolute Gasteiger partial charge is 0.255 e. The average Bonchev–Trinajstić information content (AvgIpc) is 3.00. The highest BCUT2D eigenvalue weighted by molar-refractivity contribution is 6.05. The van der Waals surface area contributed by atoms with Crippen molar-refractivity contribution in [2.75, 3.05) is 20.2 Å². The van der Waals surface area contributed by atoms with Gasteiger partial charge in [0, 0.05) is 44.8 Å². The number of fused-ring (bicyclic) bond motifs is 1. The molecule has 1 unspecified atom stereocenters. The van der Waals surface area contributed by atoms with E-state index in [0.29, 0.717) is 24.6 Å². The van der Waals surface area contributed by atoms with E-state index in [9.17, 15) is 14.4 Å². The van der Waals surface area contributed by atoms with Crippen LogP contribution >= 0.6 is 0 Å². The summed E-state index contributed by atoms with van der Waals surface area (Å²) < 4.78 is 12.4. The lowest BCUT2D eigenvalue weighted by molar-refractivity contribution is -0.136. The zero-order chi connectivity index (χ0) is 24.6. The number of methoxy groups -OCH3 is 1. The summed E-state index contributed by atoms with van der Waals surface area (Å²) in [6, 6.07) is 5.48. The number of imide groups is 1. The Hall–Kier alpha value is -2.45. The van der Waals surface area contributed by atoms with Gasteiger partial charge in [0.25, 0.3) is 5.91 Å². The molecule has 0 aromatic heterocycles. The maximum Gasteiger partial charge on any atom is 0.255 e. The second-order valence-electron chi connectivity index (χ2n) is 10.8. The van der Waals surface area contributed by atoms with Crippen molar-refractivity contribution >= 4 is 17.7 Å². The molecule has 8 heteroatoms. The normalized spacial score (nSPS) is 29.5. The fourth-order valence-corrected chi connectivity index (χ4v) is 6.14. The highest BCUT2D eigenvalue weighted by Crippen LogP contribution is 2.34. The first-order valence-corrected chi connectivity index (χ1v) is 13.1. The fraction of sp³-hybridized carbons (Fsp3) is 0.667. The number of rotatable bonds is 5. The van der Waals surface area contributed by atoms with E-state index in [1.807, 2.05) is 25.3 Å². The van der Waals surface area contributed by atoms with Gasteiger partial charge in [-0.2, -0.15) is 0 Å². The highest BCUT2D eigenvalue weighted by atomic mass is 16.5. The number of benzene rings is 1. The lowest BCUT2D eigenvalue weighted by atomic mass is 9.91. The number of hydrogen-bond donors (Lipinski definition) is 1. The summed E-state index contributed by atoms with van der Waals surface area (Å²) in [5.74, 6) is -0.0175. The first kappa shape index (κ1) is 24.3. The van der Waals surface area contributed by atoms with Crippen LogP contribution in [0.3, 0.4) is 0 Å². The number of carbonyl (C=O) groups is 3. The summed E-state index contributed by atoms with van der Waals surface area (Å²) in [4.78, 5) is 41.0. The van der Waals surface area contributed by atoms with E-state index < -0.39 is 6.04 Å². The predicted octanol–water partition coefficient (Wildman–Crippen LogP) is 3.03. The Kier molecular flexibility index (Phi) is 6.86. The number of ether oxygens (including phenoxy) is 2. The Morgan fingerprint density at radius 2 is 1.80 bits per heavy atom. The van der Waals surface area contributed by atoms with Gasteiger partial charge in [0.2, 0.25) is 11.8 Å². The number of hydrogen-bond acceptors (Lipinski definition) is 6. The molecule has 1 saturated carbocycles. The van der Waals surface area contributed by atoms with Gasteiger partial charge < -0.3 is 14.4 Å². The van der Waals surface area contributed by atoms with Crippen molar-refractivity contribution in [3.8, 4) is 5.75 Å². The minimum Gasteiger partial charge on any atom is -0.489 e. The van der Waals surface area contributed by atoms with Crippen LogP contribution in [0.5, 0.6) is 5.75 Å². The Morgan fingerprint density at radius 3 is 2.54 bits per heavy atom. The second kappa shape index (κ2) is 9.90. The summed E-state index contributed by atoms with van der Waals surface area (Å²) in [5.41, 5.74) is 1.48. The van der Waals surface area contributed by atoms with Gasteiger partial charge >= 0.3 is 0 Å². The molecule has 1 aromatic carbocycles. The predicted molar refractivity (Wildman–Crippen MR) is 130 cm³/mol. The summed E-state index contributed by atoms with van der Waals surface area (Å²) in [6.45, 7) is 4.62. The molecule has 190 valence electrons. The van der Waals surface area contributed by atoms with Crippen molar-refractivity contribution in [1.82, 2.24) is 15.1 Å². The Labute approximate surface area is 207 Å². The molecule has 0 bridgehead atoms. The molecular weight excluding hydrogens is 446 g/mol. The summed E-state index contributed by atoms with van der Waals surface area (Å²) >= 11 is 0. The molecule has 0 spiro atoms. The first-order chi connectivity index (χ1) is 16.9. The van der Waals surface area contributed by atoms with Gasteiger partial charge in [0.1, 0.15) is 17.9 Å². The van der Waals surface area contributed by atoms with Crippen LogP contribution in [0.2, 0.25) is 0 Å². The molecular formula is C27H37N3O5. The number of carbonyl (C=O) groups excluding carboxylic acids is 3. The van der Waals surface area contributed by atoms with Gasteiger partial charge in [0.05, 0.1) is 5.60 Å². The van der Waals surface area contributed by atoms with E-state index in [-0.39, 0.29) is 35.8 Å². The molecule has 2 saturated heterocycles. The van der Waals surface area contributed by atoms with Crippen LogP contribution in [0.4, 0.5) is 0 Å². The third kappa shape index (κ3) is 4.96. The van der Waals surface area contributed by atoms with Crippen LogP contribution < -0.4 is 10.1 Å². The maximum atomic E-state index is 13.0. The van der Waals surface area contributed by atoms with Crippen molar-refractivity contribution in [2.45, 2.75) is 95.0 Å². The maximum absolute atomic E-state index is 13.0. The van der Waals surface area contributed by atoms with Crippen molar-refractivity contribution in [3.05, 3.63) is 29.3 Å². The van der Waals surface area contributed by atoms with Crippen LogP contribution in [0.1, 0.15) is 80.6 Å². The molecule has 3 amide bonds. The Bertz CT molecular complexity index is 987. The number of amides is 3. The number of likely N-dealkylation sites (tertiary alicyclic amines) is 1. The van der Waals surface area contributed by atoms with E-state index in [0.717, 1.165) is 56.5 Å². The molecule has 35 heavy (non-hydrogen) atoms. The van der Waals surface area contributed by atoms with Crippen molar-refractivity contribution in [2.24, 2.45) is 0 Å². The number of nitrogens with zero attached hydrogens (tertiary/aromatic N) is 2. The van der Waals surface area contributed by atoms with Crippen molar-refractivity contribution < 1.29 is 23.9 Å². The monoisotopic (exact) mass is 483 g/mol. The average molecular weight is 484 g/mol. The topological polar surface area (TPSA) is 88.2 Å². The van der Waals surface area contributed by atoms with Crippen molar-refractivity contribution in [3.63, 3.8) is 0 Å². The van der Waals surface area contributed by atoms with Gasteiger partial charge in [-0.25, -0.2) is 0 Å². The minimum atomic E-state index is -0.597. The molecule has 3 atom stereocenters. The van der Waals surface area contributed by atoms with Gasteiger partial charge in [-0.1, -0.05) is 12.8 Å². The Morgan fingerprint density at radius 1 is 1.03 bits per heavy atom. The molecule has 8 nitrogen and oxygen atoms in total. The first-order valence-electron chi connectivity index (χ1n) is 13.1. The van der Waals surface area contributed by atoms with Gasteiger partial charge in [0.15, 0.2) is 0 Å². The van der Waals surface area contributed by atoms with Gasteiger partial charge in [-0.05, 0) is 69.2 Å². The second-order valence-corrected chi connectivity index (χ2v) is 10.8. The number of nitrogens with one attached hydrogen (secondary N) is 1. The van der Waals surface area contributed by atoms with Crippen LogP contribution in [-0.4, -0.2) is 71.5 Å². The van der Waals surface area contributed by atoms with E-state index in [1.54, 1.807) is 4.90 Å². The summed E-state index contributed by atoms with van der Waals surface area (Å²) in [5, 5.41) is 2.36. The largest absolute Gasteiger partial charge is 0.489 e. The molecule has 4 aliphatic rings. The fourth-order valence-electron chi connectivity index (χ4n) is 6.14. The molecule has 1 N–H and O–H groups in total. The van der Waals surface area contributed by atoms with Crippen LogP contribution in [0, 0.1) is 0 Å². The SMILES string of the molecule is COC1(C)CCN([C@H]2CCCCC[C@H]2Oc2ccc3c(c2)CN(C2CCC(=O)NC2=O)C3=O)CC1. The number of piperidine rings is 2. The molecule has 0 radical (unpaired) electrons. The molecule has 3 heterocycles. The summed E-state index contributed by atoms with van der Waals surface area (Å²) in [7, 11) is 1.81. The van der Waals surface area contributed by atoms with Gasteiger partial charge in [-0.15, -0.1) is 0 Å². The zero-order valence-corrected chi connectivity index (χ0v) is 20.9. The van der Waals surface area contributed by atoms with E-state index >= 15 is 0 Å². The van der Waals surface area contributed by atoms with E-state index in [2.05, 4.69) is 17.1 Å². The summed E-state index contributed by atoms with van der Waals surface area (Å²) in [6.07, 6.45) is 8.60. The molecule has 1 aliphatic carbocycles. The lowest BCUT2D eigenvalue weighted by Crippen LogP contribution is -2.52. The van der Waals surface area contributed by atoms with Gasteiger partial charge in [-0.3, -0.25) is 24.6 Å². The molecule has 5 rings (SSSR count). The van der Waals surface area contributed by atoms with E-state index in [1.165, 1.54) is 12.8 Å². The van der Waals surface area contributed by atoms with E-state index in [4.69, 9.17) is 9.47 Å². The Balaban J connectivity index is 1.28. The highest BCUT2D eigenvalue weighted by Gasteiger charge is 2.40. The zero-order valence-electron chi connectivity index (χ0n) is 20.9. The molecule has 3 fully saturated rings. The van der Waals surface area contributed by atoms with Crippen LogP contribution in [0.15, 0.2) is 18.2 Å². The van der Waals surface area contributed by atoms with Crippen molar-refractivity contribution in [1.29, 1.82) is 0 Å². The van der Waals surface area contributed by atoms with Crippen LogP contribution in [-0.2, 0) is 20.9 Å². The quantitative estimate of drug-likeness (QED) is 0.512. The molecule has 1 aromatic rings. The van der Waals surface area contributed by atoms with Crippen LogP contribution in [0.25, 0.3) is 0 Å². The minimum absolute atomic E-state index is 0.0293. The third-order valence-electron chi connectivity index (χ3n) is 8.52. The third-order valence-corrected chi connectivity index (χ3v) is 8.52. The molecule has 3 aliphatic heterocycles. The standard InChI is InChI=1S/C27H37N3O5/c1-27(34-2)12-14-29(15-13-27)21-6-4-3-5-7-23(21)35-19-8-9-20-18(16-19)17-30(26(20)33)22-10-11-24(31)28-25(22)32/h8-9,16,21-23H,3-7,10-15,17H2,1-2H3,(H,28,31,32)/t21-,22?,23+/m0/s1. The lowest BCUT2D eigenvalue weighted by Gasteiger charge is -2.43.